The summed E-state index contributed by atoms with van der Waals surface area (Å²) in [5, 5.41) is 8.08. The molecule has 0 unspecified atom stereocenters. The highest BCUT2D eigenvalue weighted by atomic mass is 35.5. The van der Waals surface area contributed by atoms with E-state index in [-0.39, 0.29) is 5.78 Å². The summed E-state index contributed by atoms with van der Waals surface area (Å²) in [5.41, 5.74) is 7.01. The molecule has 0 aliphatic rings. The van der Waals surface area contributed by atoms with E-state index in [0.717, 1.165) is 6.42 Å². The number of nitrogen functional groups attached to an aromatic ring is 1. The maximum atomic E-state index is 12.3. The van der Waals surface area contributed by atoms with Crippen molar-refractivity contribution in [2.24, 2.45) is 0 Å². The number of aromatic nitrogens is 3. The van der Waals surface area contributed by atoms with Gasteiger partial charge >= 0.3 is 0 Å². The molecule has 1 aromatic carbocycles. The molecule has 18 heavy (non-hydrogen) atoms. The first-order valence-corrected chi connectivity index (χ1v) is 5.99. The first kappa shape index (κ1) is 12.6. The molecule has 2 N–H and O–H groups in total. The van der Waals surface area contributed by atoms with E-state index in [9.17, 15) is 4.79 Å². The summed E-state index contributed by atoms with van der Waals surface area (Å²) in [6, 6.07) is 4.82. The molecule has 0 amide bonds. The predicted octanol–water partition coefficient (Wildman–Crippen LogP) is 2.15. The molecule has 0 fully saturated rings. The third-order valence-corrected chi connectivity index (χ3v) is 2.89. The van der Waals surface area contributed by atoms with Crippen LogP contribution >= 0.6 is 11.6 Å². The lowest BCUT2D eigenvalue weighted by Gasteiger charge is -2.05. The van der Waals surface area contributed by atoms with Crippen molar-refractivity contribution in [3.63, 3.8) is 0 Å². The van der Waals surface area contributed by atoms with Gasteiger partial charge in [-0.1, -0.05) is 23.7 Å². The monoisotopic (exact) mass is 264 g/mol. The molecule has 0 aliphatic carbocycles. The highest BCUT2D eigenvalue weighted by Gasteiger charge is 2.15. The molecule has 1 heterocycles. The zero-order valence-corrected chi connectivity index (χ0v) is 10.7. The van der Waals surface area contributed by atoms with Crippen LogP contribution in [0.2, 0.25) is 5.02 Å². The zero-order chi connectivity index (χ0) is 13.1. The van der Waals surface area contributed by atoms with Gasteiger partial charge in [-0.15, -0.1) is 5.10 Å². The Bertz CT molecular complexity index is 579. The van der Waals surface area contributed by atoms with Gasteiger partial charge in [-0.3, -0.25) is 4.79 Å². The van der Waals surface area contributed by atoms with Crippen molar-refractivity contribution in [3.8, 4) is 0 Å². The maximum Gasteiger partial charge on any atom is 0.212 e. The van der Waals surface area contributed by atoms with Crippen LogP contribution in [0.4, 0.5) is 5.69 Å². The lowest BCUT2D eigenvalue weighted by molar-refractivity contribution is 0.102. The SMILES string of the molecule is CCCn1nncc1C(=O)c1ccc(Cl)c(N)c1. The van der Waals surface area contributed by atoms with E-state index in [4.69, 9.17) is 17.3 Å². The molecule has 0 saturated carbocycles. The van der Waals surface area contributed by atoms with Crippen LogP contribution < -0.4 is 5.73 Å². The fraction of sp³-hybridized carbons (Fsp3) is 0.250. The Kier molecular flexibility index (Phi) is 3.62. The summed E-state index contributed by atoms with van der Waals surface area (Å²) in [5.74, 6) is -0.156. The lowest BCUT2D eigenvalue weighted by atomic mass is 10.1. The summed E-state index contributed by atoms with van der Waals surface area (Å²) < 4.78 is 1.59. The number of hydrogen-bond acceptors (Lipinski definition) is 4. The topological polar surface area (TPSA) is 73.8 Å². The van der Waals surface area contributed by atoms with Crippen molar-refractivity contribution >= 4 is 23.1 Å². The Balaban J connectivity index is 2.35. The summed E-state index contributed by atoms with van der Waals surface area (Å²) in [6.45, 7) is 2.67. The number of hydrogen-bond donors (Lipinski definition) is 1. The Morgan fingerprint density at radius 3 is 2.94 bits per heavy atom. The van der Waals surface area contributed by atoms with Crippen LogP contribution in [0.25, 0.3) is 0 Å². The quantitative estimate of drug-likeness (QED) is 0.678. The minimum atomic E-state index is -0.156. The number of benzene rings is 1. The van der Waals surface area contributed by atoms with Gasteiger partial charge < -0.3 is 5.73 Å². The molecule has 0 radical (unpaired) electrons. The van der Waals surface area contributed by atoms with E-state index >= 15 is 0 Å². The summed E-state index contributed by atoms with van der Waals surface area (Å²) in [7, 11) is 0. The van der Waals surface area contributed by atoms with Gasteiger partial charge in [-0.05, 0) is 24.6 Å². The maximum absolute atomic E-state index is 12.3. The first-order chi connectivity index (χ1) is 8.63. The van der Waals surface area contributed by atoms with Crippen molar-refractivity contribution in [1.82, 2.24) is 15.0 Å². The predicted molar refractivity (Wildman–Crippen MR) is 69.6 cm³/mol. The number of rotatable bonds is 4. The fourth-order valence-electron chi connectivity index (χ4n) is 1.64. The Hall–Kier alpha value is -1.88. The standard InChI is InChI=1S/C12H13ClN4O/c1-2-5-17-11(7-15-16-17)12(18)8-3-4-9(13)10(14)6-8/h3-4,6-7H,2,5,14H2,1H3. The van der Waals surface area contributed by atoms with Gasteiger partial charge in [0.15, 0.2) is 0 Å². The number of halogens is 1. The zero-order valence-electron chi connectivity index (χ0n) is 9.93. The molecule has 0 spiro atoms. The van der Waals surface area contributed by atoms with Gasteiger partial charge in [0, 0.05) is 12.1 Å². The second kappa shape index (κ2) is 5.18. The van der Waals surface area contributed by atoms with E-state index in [2.05, 4.69) is 10.3 Å². The molecule has 6 heteroatoms. The minimum Gasteiger partial charge on any atom is -0.398 e. The number of nitrogens with two attached hydrogens (primary N) is 1. The van der Waals surface area contributed by atoms with Gasteiger partial charge in [-0.25, -0.2) is 4.68 Å². The third kappa shape index (κ3) is 2.36. The minimum absolute atomic E-state index is 0.156. The number of carbonyl (C=O) groups is 1. The molecule has 94 valence electrons. The van der Waals surface area contributed by atoms with Crippen molar-refractivity contribution in [1.29, 1.82) is 0 Å². The molecule has 0 bridgehead atoms. The van der Waals surface area contributed by atoms with Crippen LogP contribution in [0.3, 0.4) is 0 Å². The highest BCUT2D eigenvalue weighted by molar-refractivity contribution is 6.33. The van der Waals surface area contributed by atoms with E-state index in [1.54, 1.807) is 22.9 Å². The molecule has 0 aliphatic heterocycles. The Labute approximate surface area is 110 Å². The van der Waals surface area contributed by atoms with Crippen molar-refractivity contribution in [3.05, 3.63) is 40.7 Å². The molecule has 0 saturated heterocycles. The molecular formula is C12H13ClN4O. The van der Waals surface area contributed by atoms with Gasteiger partial charge in [0.25, 0.3) is 0 Å². The molecular weight excluding hydrogens is 252 g/mol. The van der Waals surface area contributed by atoms with E-state index in [1.807, 2.05) is 6.92 Å². The molecule has 0 atom stereocenters. The second-order valence-electron chi connectivity index (χ2n) is 3.91. The first-order valence-electron chi connectivity index (χ1n) is 5.61. The van der Waals surface area contributed by atoms with E-state index < -0.39 is 0 Å². The van der Waals surface area contributed by atoms with Crippen molar-refractivity contribution in [2.75, 3.05) is 5.73 Å². The Morgan fingerprint density at radius 2 is 2.28 bits per heavy atom. The van der Waals surface area contributed by atoms with Gasteiger partial charge in [0.1, 0.15) is 5.69 Å². The smallest absolute Gasteiger partial charge is 0.212 e. The van der Waals surface area contributed by atoms with Gasteiger partial charge in [0.2, 0.25) is 5.78 Å². The van der Waals surface area contributed by atoms with Crippen molar-refractivity contribution in [2.45, 2.75) is 19.9 Å². The number of anilines is 1. The normalized spacial score (nSPS) is 10.6. The van der Waals surface area contributed by atoms with Crippen LogP contribution in [0.15, 0.2) is 24.4 Å². The fourth-order valence-corrected chi connectivity index (χ4v) is 1.76. The average molecular weight is 265 g/mol. The van der Waals surface area contributed by atoms with Crippen LogP contribution in [-0.4, -0.2) is 20.8 Å². The summed E-state index contributed by atoms with van der Waals surface area (Å²) >= 11 is 5.83. The van der Waals surface area contributed by atoms with Gasteiger partial charge in [0.05, 0.1) is 16.9 Å². The average Bonchev–Trinajstić information content (AvgIpc) is 2.80. The lowest BCUT2D eigenvalue weighted by Crippen LogP contribution is -2.11. The highest BCUT2D eigenvalue weighted by Crippen LogP contribution is 2.21. The summed E-state index contributed by atoms with van der Waals surface area (Å²) in [6.07, 6.45) is 2.34. The number of aryl methyl sites for hydroxylation is 1. The Morgan fingerprint density at radius 1 is 1.50 bits per heavy atom. The number of ketones is 1. The van der Waals surface area contributed by atoms with Crippen molar-refractivity contribution < 1.29 is 4.79 Å². The number of carbonyl (C=O) groups excluding carboxylic acids is 1. The number of nitrogens with zero attached hydrogens (tertiary/aromatic N) is 3. The molecule has 2 rings (SSSR count). The molecule has 5 nitrogen and oxygen atoms in total. The summed E-state index contributed by atoms with van der Waals surface area (Å²) in [4.78, 5) is 12.3. The third-order valence-electron chi connectivity index (χ3n) is 2.54. The second-order valence-corrected chi connectivity index (χ2v) is 4.32. The van der Waals surface area contributed by atoms with Crippen LogP contribution in [0.5, 0.6) is 0 Å². The van der Waals surface area contributed by atoms with E-state index in [0.29, 0.717) is 28.5 Å². The largest absolute Gasteiger partial charge is 0.398 e. The van der Waals surface area contributed by atoms with Crippen LogP contribution in [-0.2, 0) is 6.54 Å². The molecule has 2 aromatic rings. The van der Waals surface area contributed by atoms with Crippen LogP contribution in [0.1, 0.15) is 29.4 Å². The van der Waals surface area contributed by atoms with Crippen LogP contribution in [0, 0.1) is 0 Å². The van der Waals surface area contributed by atoms with Gasteiger partial charge in [-0.2, -0.15) is 0 Å². The van der Waals surface area contributed by atoms with E-state index in [1.165, 1.54) is 6.20 Å². The molecule has 1 aromatic heterocycles.